The Bertz CT molecular complexity index is 883. The third kappa shape index (κ3) is 5.59. The molecule has 0 aromatic heterocycles. The van der Waals surface area contributed by atoms with Gasteiger partial charge in [-0.3, -0.25) is 25.2 Å². The van der Waals surface area contributed by atoms with E-state index in [4.69, 9.17) is 4.74 Å². The normalized spacial score (nSPS) is 27.7. The number of ether oxygens (including phenoxy) is 1. The summed E-state index contributed by atoms with van der Waals surface area (Å²) in [6.07, 6.45) is 2.04. The lowest BCUT2D eigenvalue weighted by molar-refractivity contribution is -0.146. The molecule has 1 aromatic rings. The fourth-order valence-electron chi connectivity index (χ4n) is 6.01. The number of carbonyl (C=O) groups is 3. The van der Waals surface area contributed by atoms with Crippen LogP contribution >= 0.6 is 0 Å². The Morgan fingerprint density at radius 1 is 0.970 bits per heavy atom. The summed E-state index contributed by atoms with van der Waals surface area (Å²) >= 11 is 0. The van der Waals surface area contributed by atoms with Crippen LogP contribution in [0, 0.1) is 23.2 Å². The van der Waals surface area contributed by atoms with Crippen molar-refractivity contribution in [3.63, 3.8) is 0 Å². The van der Waals surface area contributed by atoms with Crippen molar-refractivity contribution in [3.05, 3.63) is 29.8 Å². The van der Waals surface area contributed by atoms with Crippen molar-refractivity contribution in [2.75, 3.05) is 13.2 Å². The minimum Gasteiger partial charge on any atom is -0.484 e. The number of hydrazine groups is 1. The highest BCUT2D eigenvalue weighted by Gasteiger charge is 2.54. The quantitative estimate of drug-likeness (QED) is 0.538. The van der Waals surface area contributed by atoms with Gasteiger partial charge in [-0.15, -0.1) is 0 Å². The van der Waals surface area contributed by atoms with Crippen LogP contribution in [0.1, 0.15) is 50.5 Å². The minimum atomic E-state index is -4.51. The van der Waals surface area contributed by atoms with E-state index in [2.05, 4.69) is 16.2 Å². The summed E-state index contributed by atoms with van der Waals surface area (Å²) in [5, 5.41) is 2.89. The highest BCUT2D eigenvalue weighted by molar-refractivity contribution is 5.85. The molecule has 3 amide bonds. The van der Waals surface area contributed by atoms with E-state index >= 15 is 0 Å². The third-order valence-electron chi connectivity index (χ3n) is 7.03. The number of alkyl halides is 3. The maximum Gasteiger partial charge on any atom is 0.416 e. The molecule has 3 N–H and O–H groups in total. The first-order valence-corrected chi connectivity index (χ1v) is 11.3. The molecule has 0 saturated heterocycles. The molecule has 0 aliphatic heterocycles. The van der Waals surface area contributed by atoms with E-state index in [-0.39, 0.29) is 30.0 Å². The Balaban J connectivity index is 1.14. The van der Waals surface area contributed by atoms with E-state index in [9.17, 15) is 27.6 Å². The van der Waals surface area contributed by atoms with Crippen LogP contribution in [0.15, 0.2) is 24.3 Å². The van der Waals surface area contributed by atoms with Crippen molar-refractivity contribution in [2.24, 2.45) is 23.2 Å². The number of rotatable bonds is 7. The predicted molar refractivity (Wildman–Crippen MR) is 111 cm³/mol. The Morgan fingerprint density at radius 2 is 1.58 bits per heavy atom. The van der Waals surface area contributed by atoms with Gasteiger partial charge in [-0.05, 0) is 74.5 Å². The van der Waals surface area contributed by atoms with Gasteiger partial charge in [0.1, 0.15) is 5.75 Å². The van der Waals surface area contributed by atoms with E-state index in [1.165, 1.54) is 31.4 Å². The molecule has 180 valence electrons. The van der Waals surface area contributed by atoms with Gasteiger partial charge in [-0.25, -0.2) is 0 Å². The second kappa shape index (κ2) is 9.23. The van der Waals surface area contributed by atoms with E-state index < -0.39 is 30.2 Å². The molecule has 4 saturated carbocycles. The van der Waals surface area contributed by atoms with E-state index in [0.717, 1.165) is 31.4 Å². The second-order valence-corrected chi connectivity index (χ2v) is 9.61. The molecule has 5 rings (SSSR count). The summed E-state index contributed by atoms with van der Waals surface area (Å²) in [5.74, 6) is 0.661. The van der Waals surface area contributed by atoms with Gasteiger partial charge in [0.25, 0.3) is 5.91 Å². The highest BCUT2D eigenvalue weighted by Crippen LogP contribution is 2.60. The molecule has 4 fully saturated rings. The van der Waals surface area contributed by atoms with Crippen LogP contribution in [0.4, 0.5) is 13.2 Å². The SMILES string of the molecule is O=C(CCNC(=O)C12CC3CC(CC(C3)C1)C2)NNC(=O)COc1cccc(C(F)(F)F)c1. The monoisotopic (exact) mass is 467 g/mol. The molecule has 1 aromatic carbocycles. The third-order valence-corrected chi connectivity index (χ3v) is 7.03. The van der Waals surface area contributed by atoms with Gasteiger partial charge in [-0.1, -0.05) is 6.07 Å². The zero-order chi connectivity index (χ0) is 23.6. The molecule has 0 heterocycles. The number of benzene rings is 1. The molecule has 4 bridgehead atoms. The maximum absolute atomic E-state index is 12.9. The Kier molecular flexibility index (Phi) is 6.54. The molecular weight excluding hydrogens is 439 g/mol. The molecule has 0 atom stereocenters. The molecule has 33 heavy (non-hydrogen) atoms. The summed E-state index contributed by atoms with van der Waals surface area (Å²) < 4.78 is 43.2. The van der Waals surface area contributed by atoms with Gasteiger partial charge in [0.15, 0.2) is 6.61 Å². The maximum atomic E-state index is 12.9. The lowest BCUT2D eigenvalue weighted by atomic mass is 9.49. The van der Waals surface area contributed by atoms with Crippen molar-refractivity contribution in [2.45, 2.75) is 51.1 Å². The number of carbonyl (C=O) groups excluding carboxylic acids is 3. The van der Waals surface area contributed by atoms with Crippen LogP contribution in [0.2, 0.25) is 0 Å². The largest absolute Gasteiger partial charge is 0.484 e. The van der Waals surface area contributed by atoms with Gasteiger partial charge < -0.3 is 10.1 Å². The van der Waals surface area contributed by atoms with Crippen LogP contribution in [0.5, 0.6) is 5.75 Å². The van der Waals surface area contributed by atoms with Gasteiger partial charge in [0.05, 0.1) is 5.56 Å². The van der Waals surface area contributed by atoms with Crippen molar-refractivity contribution in [3.8, 4) is 5.75 Å². The fourth-order valence-corrected chi connectivity index (χ4v) is 6.01. The van der Waals surface area contributed by atoms with Gasteiger partial charge in [0, 0.05) is 18.4 Å². The van der Waals surface area contributed by atoms with Crippen LogP contribution < -0.4 is 20.9 Å². The molecular formula is C23H28F3N3O4. The predicted octanol–water partition coefficient (Wildman–Crippen LogP) is 2.95. The van der Waals surface area contributed by atoms with Gasteiger partial charge in [-0.2, -0.15) is 13.2 Å². The summed E-state index contributed by atoms with van der Waals surface area (Å²) in [7, 11) is 0. The lowest BCUT2D eigenvalue weighted by Crippen LogP contribution is -2.54. The van der Waals surface area contributed by atoms with Crippen LogP contribution in [-0.2, 0) is 20.6 Å². The minimum absolute atomic E-state index is 0.00707. The zero-order valence-electron chi connectivity index (χ0n) is 18.2. The zero-order valence-corrected chi connectivity index (χ0v) is 18.2. The molecule has 4 aliphatic rings. The fraction of sp³-hybridized carbons (Fsp3) is 0.609. The average molecular weight is 467 g/mol. The lowest BCUT2D eigenvalue weighted by Gasteiger charge is -2.55. The summed E-state index contributed by atoms with van der Waals surface area (Å²) in [5.41, 5.74) is 3.20. The van der Waals surface area contributed by atoms with Crippen molar-refractivity contribution >= 4 is 17.7 Å². The molecule has 0 unspecified atom stereocenters. The molecule has 0 radical (unpaired) electrons. The summed E-state index contributed by atoms with van der Waals surface area (Å²) in [6, 6.07) is 4.16. The van der Waals surface area contributed by atoms with Gasteiger partial charge in [0.2, 0.25) is 11.8 Å². The number of amides is 3. The first kappa shape index (κ1) is 23.4. The molecule has 10 heteroatoms. The number of halogens is 3. The molecule has 4 aliphatic carbocycles. The van der Waals surface area contributed by atoms with E-state index in [1.807, 2.05) is 0 Å². The van der Waals surface area contributed by atoms with Crippen LogP contribution in [0.3, 0.4) is 0 Å². The van der Waals surface area contributed by atoms with Crippen molar-refractivity contribution < 1.29 is 32.3 Å². The first-order valence-electron chi connectivity index (χ1n) is 11.3. The standard InChI is InChI=1S/C23H28F3N3O4/c24-23(25,26)17-2-1-3-18(9-17)33-13-20(31)29-28-19(30)4-5-27-21(32)22-10-14-6-15(11-22)8-16(7-14)12-22/h1-3,9,14-16H,4-8,10-13H2,(H,27,32)(H,28,30)(H,29,31). The van der Waals surface area contributed by atoms with Crippen molar-refractivity contribution in [1.29, 1.82) is 0 Å². The number of nitrogens with one attached hydrogen (secondary N) is 3. The average Bonchev–Trinajstić information content (AvgIpc) is 2.75. The van der Waals surface area contributed by atoms with Crippen molar-refractivity contribution in [1.82, 2.24) is 16.2 Å². The molecule has 7 nitrogen and oxygen atoms in total. The Labute approximate surface area is 189 Å². The number of hydrogen-bond acceptors (Lipinski definition) is 4. The highest BCUT2D eigenvalue weighted by atomic mass is 19.4. The topological polar surface area (TPSA) is 96.5 Å². The van der Waals surface area contributed by atoms with E-state index in [0.29, 0.717) is 17.8 Å². The van der Waals surface area contributed by atoms with E-state index in [1.54, 1.807) is 0 Å². The second-order valence-electron chi connectivity index (χ2n) is 9.61. The number of hydrogen-bond donors (Lipinski definition) is 3. The molecule has 0 spiro atoms. The Hall–Kier alpha value is -2.78. The van der Waals surface area contributed by atoms with Gasteiger partial charge >= 0.3 is 6.18 Å². The van der Waals surface area contributed by atoms with Crippen LogP contribution in [-0.4, -0.2) is 30.9 Å². The first-order chi connectivity index (χ1) is 15.6. The Morgan fingerprint density at radius 3 is 2.18 bits per heavy atom. The van der Waals surface area contributed by atoms with Crippen LogP contribution in [0.25, 0.3) is 0 Å². The summed E-state index contributed by atoms with van der Waals surface area (Å²) in [4.78, 5) is 36.6. The summed E-state index contributed by atoms with van der Waals surface area (Å²) in [6.45, 7) is -0.395. The smallest absolute Gasteiger partial charge is 0.416 e.